The first-order valence-corrected chi connectivity index (χ1v) is 6.77. The van der Waals surface area contributed by atoms with Crippen LogP contribution in [0, 0.1) is 6.92 Å². The van der Waals surface area contributed by atoms with Crippen molar-refractivity contribution in [3.8, 4) is 11.6 Å². The molecule has 6 heteroatoms. The first-order chi connectivity index (χ1) is 10.1. The molecule has 0 spiro atoms. The van der Waals surface area contributed by atoms with Crippen molar-refractivity contribution in [1.82, 2.24) is 9.97 Å². The Balaban J connectivity index is 2.14. The number of nitrogens with zero attached hydrogens (tertiary/aromatic N) is 2. The van der Waals surface area contributed by atoms with Gasteiger partial charge >= 0.3 is 0 Å². The molecule has 0 amide bonds. The fourth-order valence-electron chi connectivity index (χ4n) is 1.98. The van der Waals surface area contributed by atoms with E-state index in [9.17, 15) is 0 Å². The lowest BCUT2D eigenvalue weighted by Crippen LogP contribution is -2.06. The summed E-state index contributed by atoms with van der Waals surface area (Å²) in [6.45, 7) is 4.87. The highest BCUT2D eigenvalue weighted by Crippen LogP contribution is 2.22. The predicted molar refractivity (Wildman–Crippen MR) is 82.7 cm³/mol. The molecule has 6 nitrogen and oxygen atoms in total. The summed E-state index contributed by atoms with van der Waals surface area (Å²) in [5, 5.41) is 3.24. The van der Waals surface area contributed by atoms with Crippen LogP contribution in [0.25, 0.3) is 0 Å². The molecule has 0 aliphatic rings. The normalized spacial score (nSPS) is 10.2. The Morgan fingerprint density at radius 3 is 2.76 bits per heavy atom. The molecule has 0 fully saturated rings. The van der Waals surface area contributed by atoms with Crippen LogP contribution >= 0.6 is 0 Å². The van der Waals surface area contributed by atoms with Gasteiger partial charge in [-0.1, -0.05) is 0 Å². The summed E-state index contributed by atoms with van der Waals surface area (Å²) < 4.78 is 10.7. The van der Waals surface area contributed by atoms with Crippen molar-refractivity contribution in [2.24, 2.45) is 0 Å². The second kappa shape index (κ2) is 6.78. The van der Waals surface area contributed by atoms with Crippen molar-refractivity contribution >= 4 is 11.5 Å². The van der Waals surface area contributed by atoms with E-state index in [1.54, 1.807) is 13.2 Å². The summed E-state index contributed by atoms with van der Waals surface area (Å²) in [5.74, 6) is 2.71. The van der Waals surface area contributed by atoms with Crippen molar-refractivity contribution in [3.63, 3.8) is 0 Å². The molecule has 0 saturated carbocycles. The van der Waals surface area contributed by atoms with Crippen LogP contribution in [0.15, 0.2) is 24.3 Å². The molecule has 0 atom stereocenters. The Kier molecular flexibility index (Phi) is 4.81. The van der Waals surface area contributed by atoms with E-state index >= 15 is 0 Å². The molecule has 0 radical (unpaired) electrons. The number of aromatic nitrogens is 2. The standard InChI is InChI=1S/C15H20N4O2/c1-4-21-15-8-14(18-10(2)19-15)17-9-11-7-12(16)5-6-13(11)20-3/h5-8H,4,9,16H2,1-3H3,(H,17,18,19). The van der Waals surface area contributed by atoms with Gasteiger partial charge < -0.3 is 20.5 Å². The maximum Gasteiger partial charge on any atom is 0.218 e. The Bertz CT molecular complexity index is 617. The van der Waals surface area contributed by atoms with Gasteiger partial charge in [0.05, 0.1) is 13.7 Å². The molecule has 1 aromatic carbocycles. The fourth-order valence-corrected chi connectivity index (χ4v) is 1.98. The van der Waals surface area contributed by atoms with Gasteiger partial charge in [-0.05, 0) is 32.0 Å². The van der Waals surface area contributed by atoms with Gasteiger partial charge in [0.1, 0.15) is 17.4 Å². The van der Waals surface area contributed by atoms with E-state index in [-0.39, 0.29) is 0 Å². The third-order valence-corrected chi connectivity index (χ3v) is 2.87. The zero-order chi connectivity index (χ0) is 15.2. The second-order valence-corrected chi connectivity index (χ2v) is 4.50. The van der Waals surface area contributed by atoms with Crippen molar-refractivity contribution < 1.29 is 9.47 Å². The quantitative estimate of drug-likeness (QED) is 0.794. The maximum atomic E-state index is 5.81. The number of nitrogens with one attached hydrogen (secondary N) is 1. The molecular weight excluding hydrogens is 268 g/mol. The summed E-state index contributed by atoms with van der Waals surface area (Å²) in [7, 11) is 1.64. The minimum Gasteiger partial charge on any atom is -0.496 e. The van der Waals surface area contributed by atoms with Crippen LogP contribution in [0.4, 0.5) is 11.5 Å². The van der Waals surface area contributed by atoms with Crippen LogP contribution in [0.2, 0.25) is 0 Å². The van der Waals surface area contributed by atoms with Gasteiger partial charge in [-0.3, -0.25) is 0 Å². The molecule has 112 valence electrons. The van der Waals surface area contributed by atoms with Crippen LogP contribution < -0.4 is 20.5 Å². The smallest absolute Gasteiger partial charge is 0.218 e. The summed E-state index contributed by atoms with van der Waals surface area (Å²) in [5.41, 5.74) is 7.47. The maximum absolute atomic E-state index is 5.81. The molecule has 0 aliphatic carbocycles. The molecule has 0 saturated heterocycles. The highest BCUT2D eigenvalue weighted by molar-refractivity contribution is 5.49. The number of methoxy groups -OCH3 is 1. The Morgan fingerprint density at radius 1 is 1.24 bits per heavy atom. The van der Waals surface area contributed by atoms with E-state index in [0.29, 0.717) is 36.4 Å². The van der Waals surface area contributed by atoms with Gasteiger partial charge in [-0.15, -0.1) is 0 Å². The van der Waals surface area contributed by atoms with E-state index in [2.05, 4.69) is 15.3 Å². The van der Waals surface area contributed by atoms with Crippen LogP contribution in [0.5, 0.6) is 11.6 Å². The monoisotopic (exact) mass is 288 g/mol. The number of rotatable bonds is 6. The molecule has 3 N–H and O–H groups in total. The van der Waals surface area contributed by atoms with E-state index in [1.807, 2.05) is 32.0 Å². The highest BCUT2D eigenvalue weighted by Gasteiger charge is 2.06. The molecule has 2 rings (SSSR count). The van der Waals surface area contributed by atoms with Crippen molar-refractivity contribution in [3.05, 3.63) is 35.7 Å². The Hall–Kier alpha value is -2.50. The average Bonchev–Trinajstić information content (AvgIpc) is 2.45. The predicted octanol–water partition coefficient (Wildman–Crippen LogP) is 2.39. The molecular formula is C15H20N4O2. The second-order valence-electron chi connectivity index (χ2n) is 4.50. The van der Waals surface area contributed by atoms with E-state index in [4.69, 9.17) is 15.2 Å². The van der Waals surface area contributed by atoms with Crippen LogP contribution in [0.1, 0.15) is 18.3 Å². The first kappa shape index (κ1) is 14.9. The number of nitrogens with two attached hydrogens (primary N) is 1. The van der Waals surface area contributed by atoms with E-state index < -0.39 is 0 Å². The minimum atomic E-state index is 0.552. The highest BCUT2D eigenvalue weighted by atomic mass is 16.5. The van der Waals surface area contributed by atoms with E-state index in [0.717, 1.165) is 11.3 Å². The van der Waals surface area contributed by atoms with Crippen LogP contribution in [0.3, 0.4) is 0 Å². The largest absolute Gasteiger partial charge is 0.496 e. The number of ether oxygens (including phenoxy) is 2. The zero-order valence-corrected chi connectivity index (χ0v) is 12.5. The van der Waals surface area contributed by atoms with Gasteiger partial charge in [0, 0.05) is 23.9 Å². The fraction of sp³-hybridized carbons (Fsp3) is 0.333. The van der Waals surface area contributed by atoms with Crippen molar-refractivity contribution in [2.75, 3.05) is 24.8 Å². The third kappa shape index (κ3) is 3.98. The third-order valence-electron chi connectivity index (χ3n) is 2.87. The van der Waals surface area contributed by atoms with Crippen LogP contribution in [-0.4, -0.2) is 23.7 Å². The molecule has 1 heterocycles. The van der Waals surface area contributed by atoms with Gasteiger partial charge in [0.15, 0.2) is 0 Å². The lowest BCUT2D eigenvalue weighted by molar-refractivity contribution is 0.325. The molecule has 21 heavy (non-hydrogen) atoms. The molecule has 0 bridgehead atoms. The average molecular weight is 288 g/mol. The summed E-state index contributed by atoms with van der Waals surface area (Å²) in [4.78, 5) is 8.54. The van der Waals surface area contributed by atoms with Gasteiger partial charge in [0.25, 0.3) is 0 Å². The van der Waals surface area contributed by atoms with Gasteiger partial charge in [-0.25, -0.2) is 4.98 Å². The number of hydrogen-bond donors (Lipinski definition) is 2. The van der Waals surface area contributed by atoms with Crippen molar-refractivity contribution in [1.29, 1.82) is 0 Å². The lowest BCUT2D eigenvalue weighted by atomic mass is 10.2. The van der Waals surface area contributed by atoms with E-state index in [1.165, 1.54) is 0 Å². The Labute approximate surface area is 124 Å². The minimum absolute atomic E-state index is 0.552. The Morgan fingerprint density at radius 2 is 2.05 bits per heavy atom. The van der Waals surface area contributed by atoms with Crippen LogP contribution in [-0.2, 0) is 6.54 Å². The van der Waals surface area contributed by atoms with Gasteiger partial charge in [-0.2, -0.15) is 4.98 Å². The summed E-state index contributed by atoms with van der Waals surface area (Å²) in [6.07, 6.45) is 0. The number of aryl methyl sites for hydroxylation is 1. The molecule has 0 aliphatic heterocycles. The molecule has 0 unspecified atom stereocenters. The lowest BCUT2D eigenvalue weighted by Gasteiger charge is -2.12. The topological polar surface area (TPSA) is 82.3 Å². The van der Waals surface area contributed by atoms with Gasteiger partial charge in [0.2, 0.25) is 5.88 Å². The zero-order valence-electron chi connectivity index (χ0n) is 12.5. The molecule has 2 aromatic rings. The number of nitrogen functional groups attached to an aromatic ring is 1. The number of anilines is 2. The SMILES string of the molecule is CCOc1cc(NCc2cc(N)ccc2OC)nc(C)n1. The number of benzene rings is 1. The summed E-state index contributed by atoms with van der Waals surface area (Å²) >= 11 is 0. The molecule has 1 aromatic heterocycles. The van der Waals surface area contributed by atoms with Crippen molar-refractivity contribution in [2.45, 2.75) is 20.4 Å². The first-order valence-electron chi connectivity index (χ1n) is 6.77. The number of hydrogen-bond acceptors (Lipinski definition) is 6. The summed E-state index contributed by atoms with van der Waals surface area (Å²) in [6, 6.07) is 7.31.